The number of fused-ring (bicyclic) bond motifs is 1. The van der Waals surface area contributed by atoms with Gasteiger partial charge in [-0.05, 0) is 55.4 Å². The normalized spacial score (nSPS) is 20.2. The average molecular weight is 367 g/mol. The number of aryl methyl sites for hydroxylation is 1. The summed E-state index contributed by atoms with van der Waals surface area (Å²) >= 11 is 0. The van der Waals surface area contributed by atoms with E-state index in [1.807, 2.05) is 17.9 Å². The Labute approximate surface area is 159 Å². The molecule has 0 spiro atoms. The van der Waals surface area contributed by atoms with Crippen molar-refractivity contribution < 1.29 is 14.3 Å². The lowest BCUT2D eigenvalue weighted by Crippen LogP contribution is -2.49. The molecule has 4 rings (SSSR count). The van der Waals surface area contributed by atoms with Crippen LogP contribution in [0.4, 0.5) is 0 Å². The summed E-state index contributed by atoms with van der Waals surface area (Å²) in [5.41, 5.74) is 3.66. The zero-order valence-electron chi connectivity index (χ0n) is 15.9. The molecule has 0 radical (unpaired) electrons. The second-order valence-corrected chi connectivity index (χ2v) is 7.33. The Balaban J connectivity index is 1.67. The molecule has 1 aromatic carbocycles. The Kier molecular flexibility index (Phi) is 5.07. The van der Waals surface area contributed by atoms with Crippen LogP contribution < -0.4 is 4.74 Å². The quantitative estimate of drug-likeness (QED) is 0.835. The van der Waals surface area contributed by atoms with Gasteiger partial charge in [-0.1, -0.05) is 6.07 Å². The number of carbonyl (C=O) groups excluding carboxylic acids is 1. The van der Waals surface area contributed by atoms with Gasteiger partial charge < -0.3 is 14.4 Å². The lowest BCUT2D eigenvalue weighted by atomic mass is 9.82. The minimum Gasteiger partial charge on any atom is -0.497 e. The number of hydrogen-bond acceptors (Lipinski definition) is 5. The van der Waals surface area contributed by atoms with Crippen molar-refractivity contribution in [2.45, 2.75) is 38.8 Å². The van der Waals surface area contributed by atoms with Gasteiger partial charge in [-0.2, -0.15) is 0 Å². The standard InChI is InChI=1S/C21H25N3O3/c1-14-11-23-19(12-22-14)21(25)24-13-16-3-4-18(26-2)9-17(16)10-20(24)15-5-7-27-8-6-15/h3-4,9,11-12,15,20H,5-8,10,13H2,1-2H3. The summed E-state index contributed by atoms with van der Waals surface area (Å²) in [6, 6.07) is 6.27. The van der Waals surface area contributed by atoms with Crippen LogP contribution >= 0.6 is 0 Å². The topological polar surface area (TPSA) is 64.6 Å². The van der Waals surface area contributed by atoms with Crippen molar-refractivity contribution in [2.24, 2.45) is 5.92 Å². The molecule has 1 fully saturated rings. The number of amides is 1. The average Bonchev–Trinajstić information content (AvgIpc) is 2.73. The SMILES string of the molecule is COc1ccc2c(c1)CC(C1CCOCC1)N(C(=O)c1cnc(C)cn1)C2. The van der Waals surface area contributed by atoms with Gasteiger partial charge in [-0.25, -0.2) is 4.98 Å². The lowest BCUT2D eigenvalue weighted by molar-refractivity contribution is 0.0177. The van der Waals surface area contributed by atoms with Gasteiger partial charge in [0, 0.05) is 32.0 Å². The Morgan fingerprint density at radius 1 is 1.19 bits per heavy atom. The van der Waals surface area contributed by atoms with E-state index in [9.17, 15) is 4.79 Å². The van der Waals surface area contributed by atoms with Crippen LogP contribution in [0.1, 0.15) is 40.2 Å². The highest BCUT2D eigenvalue weighted by Gasteiger charge is 2.36. The Bertz CT molecular complexity index is 816. The van der Waals surface area contributed by atoms with E-state index in [1.54, 1.807) is 19.5 Å². The van der Waals surface area contributed by atoms with E-state index in [1.165, 1.54) is 11.1 Å². The molecule has 3 heterocycles. The van der Waals surface area contributed by atoms with Gasteiger partial charge in [0.2, 0.25) is 0 Å². The molecule has 2 aliphatic heterocycles. The number of rotatable bonds is 3. The molecule has 1 amide bonds. The number of carbonyl (C=O) groups is 1. The van der Waals surface area contributed by atoms with Crippen molar-refractivity contribution in [3.63, 3.8) is 0 Å². The summed E-state index contributed by atoms with van der Waals surface area (Å²) in [6.07, 6.45) is 6.03. The van der Waals surface area contributed by atoms with Crippen LogP contribution in [0, 0.1) is 12.8 Å². The summed E-state index contributed by atoms with van der Waals surface area (Å²) in [5, 5.41) is 0. The maximum atomic E-state index is 13.3. The molecule has 0 aliphatic carbocycles. The van der Waals surface area contributed by atoms with Gasteiger partial charge in [-0.15, -0.1) is 0 Å². The molecule has 2 aromatic rings. The number of methoxy groups -OCH3 is 1. The molecule has 142 valence electrons. The molecule has 1 unspecified atom stereocenters. The minimum atomic E-state index is -0.0412. The van der Waals surface area contributed by atoms with E-state index < -0.39 is 0 Å². The minimum absolute atomic E-state index is 0.0412. The predicted molar refractivity (Wildman–Crippen MR) is 101 cm³/mol. The summed E-state index contributed by atoms with van der Waals surface area (Å²) in [5.74, 6) is 1.25. The van der Waals surface area contributed by atoms with Crippen LogP contribution in [-0.4, -0.2) is 47.1 Å². The number of aromatic nitrogens is 2. The van der Waals surface area contributed by atoms with Crippen LogP contribution in [0.2, 0.25) is 0 Å². The number of nitrogens with zero attached hydrogens (tertiary/aromatic N) is 3. The van der Waals surface area contributed by atoms with Crippen LogP contribution in [0.5, 0.6) is 5.75 Å². The number of benzene rings is 1. The van der Waals surface area contributed by atoms with E-state index >= 15 is 0 Å². The van der Waals surface area contributed by atoms with E-state index in [0.29, 0.717) is 18.2 Å². The van der Waals surface area contributed by atoms with Crippen LogP contribution in [0.15, 0.2) is 30.6 Å². The summed E-state index contributed by atoms with van der Waals surface area (Å²) < 4.78 is 10.9. The first-order valence-electron chi connectivity index (χ1n) is 9.49. The highest BCUT2D eigenvalue weighted by Crippen LogP contribution is 2.34. The number of hydrogen-bond donors (Lipinski definition) is 0. The lowest BCUT2D eigenvalue weighted by Gasteiger charge is -2.42. The molecular formula is C21H25N3O3. The van der Waals surface area contributed by atoms with E-state index in [2.05, 4.69) is 22.1 Å². The summed E-state index contributed by atoms with van der Waals surface area (Å²) in [4.78, 5) is 23.8. The van der Waals surface area contributed by atoms with Crippen LogP contribution in [0.3, 0.4) is 0 Å². The van der Waals surface area contributed by atoms with Gasteiger partial charge >= 0.3 is 0 Å². The third-order valence-electron chi connectivity index (χ3n) is 5.65. The molecule has 2 aliphatic rings. The smallest absolute Gasteiger partial charge is 0.274 e. The first-order valence-corrected chi connectivity index (χ1v) is 9.49. The second-order valence-electron chi connectivity index (χ2n) is 7.33. The maximum Gasteiger partial charge on any atom is 0.274 e. The summed E-state index contributed by atoms with van der Waals surface area (Å²) in [6.45, 7) is 3.99. The van der Waals surface area contributed by atoms with E-state index in [4.69, 9.17) is 9.47 Å². The molecule has 0 N–H and O–H groups in total. The number of ether oxygens (including phenoxy) is 2. The van der Waals surface area contributed by atoms with Crippen molar-refractivity contribution in [3.8, 4) is 5.75 Å². The molecule has 1 saturated heterocycles. The monoisotopic (exact) mass is 367 g/mol. The van der Waals surface area contributed by atoms with Crippen LogP contribution in [0.25, 0.3) is 0 Å². The molecule has 1 atom stereocenters. The summed E-state index contributed by atoms with van der Waals surface area (Å²) in [7, 11) is 1.69. The second kappa shape index (κ2) is 7.64. The van der Waals surface area contributed by atoms with Crippen LogP contribution in [-0.2, 0) is 17.7 Å². The Morgan fingerprint density at radius 2 is 2.00 bits per heavy atom. The van der Waals surface area contributed by atoms with Gasteiger partial charge in [0.25, 0.3) is 5.91 Å². The molecule has 0 saturated carbocycles. The molecular weight excluding hydrogens is 342 g/mol. The largest absolute Gasteiger partial charge is 0.497 e. The Morgan fingerprint density at radius 3 is 2.70 bits per heavy atom. The van der Waals surface area contributed by atoms with Gasteiger partial charge in [0.1, 0.15) is 11.4 Å². The van der Waals surface area contributed by atoms with E-state index in [-0.39, 0.29) is 11.9 Å². The molecule has 0 bridgehead atoms. The van der Waals surface area contributed by atoms with Crippen molar-refractivity contribution >= 4 is 5.91 Å². The van der Waals surface area contributed by atoms with Gasteiger partial charge in [0.15, 0.2) is 0 Å². The molecule has 1 aromatic heterocycles. The molecule has 6 nitrogen and oxygen atoms in total. The van der Waals surface area contributed by atoms with Gasteiger partial charge in [0.05, 0.1) is 19.0 Å². The highest BCUT2D eigenvalue weighted by molar-refractivity contribution is 5.92. The zero-order valence-corrected chi connectivity index (χ0v) is 15.9. The zero-order chi connectivity index (χ0) is 18.8. The van der Waals surface area contributed by atoms with Crippen molar-refractivity contribution in [1.29, 1.82) is 0 Å². The molecule has 27 heavy (non-hydrogen) atoms. The van der Waals surface area contributed by atoms with Crippen molar-refractivity contribution in [3.05, 3.63) is 53.1 Å². The van der Waals surface area contributed by atoms with Gasteiger partial charge in [-0.3, -0.25) is 9.78 Å². The fraction of sp³-hybridized carbons (Fsp3) is 0.476. The van der Waals surface area contributed by atoms with E-state index in [0.717, 1.165) is 43.9 Å². The fourth-order valence-electron chi connectivity index (χ4n) is 4.10. The first kappa shape index (κ1) is 17.9. The van der Waals surface area contributed by atoms with Crippen molar-refractivity contribution in [2.75, 3.05) is 20.3 Å². The predicted octanol–water partition coefficient (Wildman–Crippen LogP) is 2.79. The third-order valence-corrected chi connectivity index (χ3v) is 5.65. The highest BCUT2D eigenvalue weighted by atomic mass is 16.5. The fourth-order valence-corrected chi connectivity index (χ4v) is 4.10. The maximum absolute atomic E-state index is 13.3. The van der Waals surface area contributed by atoms with Crippen molar-refractivity contribution in [1.82, 2.24) is 14.9 Å². The first-order chi connectivity index (χ1) is 13.2. The Hall–Kier alpha value is -2.47. The third kappa shape index (κ3) is 3.67. The molecule has 6 heteroatoms.